The van der Waals surface area contributed by atoms with E-state index in [1.54, 1.807) is 6.07 Å². The van der Waals surface area contributed by atoms with E-state index in [0.717, 1.165) is 10.8 Å². The molecule has 0 fully saturated rings. The number of nitrogens with zero attached hydrogens (tertiary/aromatic N) is 2. The quantitative estimate of drug-likeness (QED) is 0.661. The third-order valence-electron chi connectivity index (χ3n) is 3.02. The van der Waals surface area contributed by atoms with Crippen molar-refractivity contribution in [3.05, 3.63) is 60.7 Å². The predicted octanol–water partition coefficient (Wildman–Crippen LogP) is 4.67. The van der Waals surface area contributed by atoms with Crippen LogP contribution < -0.4 is 0 Å². The van der Waals surface area contributed by atoms with Gasteiger partial charge in [0.05, 0.1) is 5.69 Å². The predicted molar refractivity (Wildman–Crippen MR) is 77.9 cm³/mol. The van der Waals surface area contributed by atoms with Gasteiger partial charge in [-0.1, -0.05) is 42.5 Å². The Morgan fingerprint density at radius 1 is 0.650 bits per heavy atom. The molecule has 0 aliphatic heterocycles. The van der Waals surface area contributed by atoms with Crippen molar-refractivity contribution in [1.29, 1.82) is 0 Å². The van der Waals surface area contributed by atoms with E-state index in [4.69, 9.17) is 0 Å². The number of rotatable bonds is 2. The largest absolute Gasteiger partial charge is 0.505 e. The lowest BCUT2D eigenvalue weighted by Crippen LogP contribution is -1.73. The van der Waals surface area contributed by atoms with Gasteiger partial charge in [0.2, 0.25) is 0 Å². The van der Waals surface area contributed by atoms with Gasteiger partial charge in [-0.3, -0.25) is 0 Å². The minimum atomic E-state index is -0.103. The van der Waals surface area contributed by atoms with Crippen molar-refractivity contribution in [3.8, 4) is 11.5 Å². The summed E-state index contributed by atoms with van der Waals surface area (Å²) >= 11 is 0. The van der Waals surface area contributed by atoms with Crippen LogP contribution in [0.4, 0.5) is 11.4 Å². The molecule has 0 amide bonds. The summed E-state index contributed by atoms with van der Waals surface area (Å²) in [5.74, 6) is -0.206. The van der Waals surface area contributed by atoms with Crippen molar-refractivity contribution in [3.63, 3.8) is 0 Å². The van der Waals surface area contributed by atoms with Gasteiger partial charge in [-0.15, -0.1) is 10.2 Å². The van der Waals surface area contributed by atoms with E-state index in [1.807, 2.05) is 42.5 Å². The van der Waals surface area contributed by atoms with Crippen molar-refractivity contribution in [2.24, 2.45) is 10.2 Å². The Balaban J connectivity index is 2.07. The van der Waals surface area contributed by atoms with Crippen molar-refractivity contribution >= 4 is 22.1 Å². The molecule has 0 saturated carbocycles. The fourth-order valence-corrected chi connectivity index (χ4v) is 2.02. The number of phenols is 2. The molecule has 0 heterocycles. The SMILES string of the molecule is Oc1cccc(O)c1/N=N/c1cccc2ccccc12. The van der Waals surface area contributed by atoms with Gasteiger partial charge >= 0.3 is 0 Å². The smallest absolute Gasteiger partial charge is 0.169 e. The number of benzene rings is 3. The maximum atomic E-state index is 9.67. The molecule has 0 atom stereocenters. The first-order chi connectivity index (χ1) is 9.75. The minimum absolute atomic E-state index is 0.0698. The van der Waals surface area contributed by atoms with Gasteiger partial charge in [-0.05, 0) is 23.6 Å². The van der Waals surface area contributed by atoms with Crippen LogP contribution in [-0.2, 0) is 0 Å². The molecule has 2 N–H and O–H groups in total. The highest BCUT2D eigenvalue weighted by atomic mass is 16.3. The summed E-state index contributed by atoms with van der Waals surface area (Å²) < 4.78 is 0. The molecule has 0 aromatic heterocycles. The number of phenolic OH excluding ortho intramolecular Hbond substituents is 2. The van der Waals surface area contributed by atoms with Crippen LogP contribution in [0.5, 0.6) is 11.5 Å². The molecule has 0 spiro atoms. The van der Waals surface area contributed by atoms with Gasteiger partial charge in [0.25, 0.3) is 0 Å². The van der Waals surface area contributed by atoms with E-state index in [-0.39, 0.29) is 17.2 Å². The molecule has 0 bridgehead atoms. The third-order valence-corrected chi connectivity index (χ3v) is 3.02. The highest BCUT2D eigenvalue weighted by molar-refractivity contribution is 5.92. The topological polar surface area (TPSA) is 65.2 Å². The van der Waals surface area contributed by atoms with E-state index in [1.165, 1.54) is 12.1 Å². The Morgan fingerprint density at radius 3 is 2.10 bits per heavy atom. The molecule has 4 heteroatoms. The number of fused-ring (bicyclic) bond motifs is 1. The highest BCUT2D eigenvalue weighted by Crippen LogP contribution is 2.37. The highest BCUT2D eigenvalue weighted by Gasteiger charge is 2.05. The van der Waals surface area contributed by atoms with Crippen LogP contribution in [0.1, 0.15) is 0 Å². The van der Waals surface area contributed by atoms with E-state index in [0.29, 0.717) is 5.69 Å². The van der Waals surface area contributed by atoms with Gasteiger partial charge in [0.1, 0.15) is 11.5 Å². The Hall–Kier alpha value is -2.88. The van der Waals surface area contributed by atoms with Gasteiger partial charge < -0.3 is 10.2 Å². The molecule has 3 aromatic rings. The second-order valence-electron chi connectivity index (χ2n) is 4.34. The number of hydrogen-bond acceptors (Lipinski definition) is 4. The first kappa shape index (κ1) is 12.2. The molecule has 4 nitrogen and oxygen atoms in total. The standard InChI is InChI=1S/C16H12N2O2/c19-14-9-4-10-15(20)16(14)18-17-13-8-3-6-11-5-1-2-7-12(11)13/h1-10,19-20H/b18-17+. The van der Waals surface area contributed by atoms with Crippen molar-refractivity contribution < 1.29 is 10.2 Å². The van der Waals surface area contributed by atoms with Crippen LogP contribution in [0.15, 0.2) is 70.9 Å². The molecule has 0 aliphatic rings. The maximum absolute atomic E-state index is 9.67. The minimum Gasteiger partial charge on any atom is -0.505 e. The Morgan fingerprint density at radius 2 is 1.30 bits per heavy atom. The molecule has 0 aliphatic carbocycles. The second-order valence-corrected chi connectivity index (χ2v) is 4.34. The zero-order chi connectivity index (χ0) is 13.9. The summed E-state index contributed by atoms with van der Waals surface area (Å²) in [6, 6.07) is 18.0. The normalized spacial score (nSPS) is 11.2. The first-order valence-corrected chi connectivity index (χ1v) is 6.16. The summed E-state index contributed by atoms with van der Waals surface area (Å²) in [6.45, 7) is 0. The number of aromatic hydroxyl groups is 2. The molecule has 20 heavy (non-hydrogen) atoms. The monoisotopic (exact) mass is 264 g/mol. The van der Waals surface area contributed by atoms with Crippen molar-refractivity contribution in [2.45, 2.75) is 0 Å². The van der Waals surface area contributed by atoms with Crippen molar-refractivity contribution in [2.75, 3.05) is 0 Å². The molecule has 98 valence electrons. The molecular formula is C16H12N2O2. The fourth-order valence-electron chi connectivity index (χ4n) is 2.02. The van der Waals surface area contributed by atoms with E-state index in [2.05, 4.69) is 10.2 Å². The summed E-state index contributed by atoms with van der Waals surface area (Å²) in [7, 11) is 0. The zero-order valence-corrected chi connectivity index (χ0v) is 10.6. The van der Waals surface area contributed by atoms with Crippen LogP contribution in [0.25, 0.3) is 10.8 Å². The first-order valence-electron chi connectivity index (χ1n) is 6.16. The Kier molecular flexibility index (Phi) is 3.05. The molecule has 3 rings (SSSR count). The summed E-state index contributed by atoms with van der Waals surface area (Å²) in [5.41, 5.74) is 0.756. The van der Waals surface area contributed by atoms with Crippen LogP contribution in [0, 0.1) is 0 Å². The van der Waals surface area contributed by atoms with Crippen LogP contribution in [-0.4, -0.2) is 10.2 Å². The molecule has 0 radical (unpaired) electrons. The number of hydrogen-bond donors (Lipinski definition) is 2. The molecule has 3 aromatic carbocycles. The summed E-state index contributed by atoms with van der Waals surface area (Å²) in [4.78, 5) is 0. The van der Waals surface area contributed by atoms with Crippen LogP contribution in [0.3, 0.4) is 0 Å². The average molecular weight is 264 g/mol. The van der Waals surface area contributed by atoms with Crippen molar-refractivity contribution in [1.82, 2.24) is 0 Å². The van der Waals surface area contributed by atoms with Gasteiger partial charge in [0, 0.05) is 5.39 Å². The maximum Gasteiger partial charge on any atom is 0.169 e. The molecular weight excluding hydrogens is 252 g/mol. The number of azo groups is 1. The van der Waals surface area contributed by atoms with Gasteiger partial charge in [-0.2, -0.15) is 0 Å². The Labute approximate surface area is 115 Å². The lowest BCUT2D eigenvalue weighted by atomic mass is 10.1. The molecule has 0 unspecified atom stereocenters. The van der Waals surface area contributed by atoms with E-state index >= 15 is 0 Å². The summed E-state index contributed by atoms with van der Waals surface area (Å²) in [5, 5.41) is 29.4. The van der Waals surface area contributed by atoms with Crippen LogP contribution >= 0.6 is 0 Å². The lowest BCUT2D eigenvalue weighted by Gasteiger charge is -2.02. The van der Waals surface area contributed by atoms with E-state index in [9.17, 15) is 10.2 Å². The van der Waals surface area contributed by atoms with Crippen LogP contribution in [0.2, 0.25) is 0 Å². The lowest BCUT2D eigenvalue weighted by molar-refractivity contribution is 0.452. The molecule has 0 saturated heterocycles. The zero-order valence-electron chi connectivity index (χ0n) is 10.6. The average Bonchev–Trinajstić information content (AvgIpc) is 2.47. The third kappa shape index (κ3) is 2.19. The second kappa shape index (κ2) is 5.01. The Bertz CT molecular complexity index is 772. The fraction of sp³-hybridized carbons (Fsp3) is 0. The van der Waals surface area contributed by atoms with E-state index < -0.39 is 0 Å². The van der Waals surface area contributed by atoms with Gasteiger partial charge in [0.15, 0.2) is 5.69 Å². The summed E-state index contributed by atoms with van der Waals surface area (Å²) in [6.07, 6.45) is 0. The van der Waals surface area contributed by atoms with Gasteiger partial charge in [-0.25, -0.2) is 0 Å².